The molecule has 0 N–H and O–H groups in total. The molecule has 2 rings (SSSR count). The van der Waals surface area contributed by atoms with Crippen molar-refractivity contribution in [2.24, 2.45) is 5.92 Å². The molecule has 2 aromatic carbocycles. The monoisotopic (exact) mass is 412 g/mol. The van der Waals surface area contributed by atoms with Crippen LogP contribution in [0.4, 0.5) is 0 Å². The molecule has 0 heterocycles. The van der Waals surface area contributed by atoms with Gasteiger partial charge in [-0.1, -0.05) is 96.2 Å². The van der Waals surface area contributed by atoms with Gasteiger partial charge >= 0.3 is 0 Å². The molecule has 0 saturated carbocycles. The Kier molecular flexibility index (Phi) is 21.3. The highest BCUT2D eigenvalue weighted by Crippen LogP contribution is 2.22. The number of carbonyl (C=O) groups excluding carboxylic acids is 2. The molecular formula is C28H44O2. The molecule has 0 unspecified atom stereocenters. The second-order valence-corrected chi connectivity index (χ2v) is 6.67. The third-order valence-corrected chi connectivity index (χ3v) is 4.12. The minimum Gasteiger partial charge on any atom is -0.304 e. The van der Waals surface area contributed by atoms with Crippen molar-refractivity contribution in [1.29, 1.82) is 0 Å². The van der Waals surface area contributed by atoms with E-state index in [0.29, 0.717) is 5.92 Å². The first-order valence-electron chi connectivity index (χ1n) is 10.9. The Bertz CT molecular complexity index is 723. The summed E-state index contributed by atoms with van der Waals surface area (Å²) in [5, 5.41) is 0. The van der Waals surface area contributed by atoms with Crippen molar-refractivity contribution < 1.29 is 9.59 Å². The zero-order valence-electron chi connectivity index (χ0n) is 21.2. The molecule has 2 aromatic rings. The van der Waals surface area contributed by atoms with Crippen LogP contribution in [-0.4, -0.2) is 12.1 Å². The second kappa shape index (κ2) is 19.8. The topological polar surface area (TPSA) is 34.1 Å². The minimum absolute atomic E-state index is 0.108. The lowest BCUT2D eigenvalue weighted by Crippen LogP contribution is -1.91. The Hall–Kier alpha value is -2.48. The van der Waals surface area contributed by atoms with Crippen molar-refractivity contribution in [3.63, 3.8) is 0 Å². The van der Waals surface area contributed by atoms with Gasteiger partial charge in [-0.15, -0.1) is 0 Å². The summed E-state index contributed by atoms with van der Waals surface area (Å²) in [6.45, 7) is 25.3. The maximum atomic E-state index is 11.2. The van der Waals surface area contributed by atoms with Gasteiger partial charge in [-0.25, -0.2) is 0 Å². The van der Waals surface area contributed by atoms with Crippen molar-refractivity contribution >= 4 is 12.1 Å². The molecular weight excluding hydrogens is 368 g/mol. The van der Waals surface area contributed by atoms with Gasteiger partial charge in [0, 0.05) is 5.56 Å². The number of ketones is 1. The van der Waals surface area contributed by atoms with Gasteiger partial charge in [0.15, 0.2) is 5.78 Å². The van der Waals surface area contributed by atoms with E-state index in [1.807, 2.05) is 58.9 Å². The van der Waals surface area contributed by atoms with Crippen LogP contribution in [0.1, 0.15) is 83.8 Å². The lowest BCUT2D eigenvalue weighted by atomic mass is 9.99. The van der Waals surface area contributed by atoms with Crippen molar-refractivity contribution in [1.82, 2.24) is 0 Å². The standard InChI is InChI=1S/C16H16O.C6H12.C2H4O.2C2H6/c1-11-4-5-16(10-12(11)2)15-8-6-14(7-9-15)13(3)17;1-5(2)6(3)4;1-2-3;2*1-2/h4-10H,1-3H3;6H,1H2,2-4H3;2H,1H3;2*1-2H3. The fourth-order valence-corrected chi connectivity index (χ4v) is 1.82. The second-order valence-electron chi connectivity index (χ2n) is 6.67. The van der Waals surface area contributed by atoms with Crippen molar-refractivity contribution in [3.8, 4) is 11.1 Å². The summed E-state index contributed by atoms with van der Waals surface area (Å²) in [5.41, 5.74) is 6.96. The summed E-state index contributed by atoms with van der Waals surface area (Å²) in [6, 6.07) is 14.2. The fourth-order valence-electron chi connectivity index (χ4n) is 1.82. The number of hydrogen-bond donors (Lipinski definition) is 0. The van der Waals surface area contributed by atoms with Crippen molar-refractivity contribution in [2.75, 3.05) is 0 Å². The molecule has 0 amide bonds. The average Bonchev–Trinajstić information content (AvgIpc) is 2.74. The smallest absolute Gasteiger partial charge is 0.159 e. The van der Waals surface area contributed by atoms with Crippen LogP contribution in [0.25, 0.3) is 11.1 Å². The zero-order valence-corrected chi connectivity index (χ0v) is 21.2. The molecule has 30 heavy (non-hydrogen) atoms. The summed E-state index contributed by atoms with van der Waals surface area (Å²) < 4.78 is 0. The van der Waals surface area contributed by atoms with Crippen LogP contribution in [0.5, 0.6) is 0 Å². The van der Waals surface area contributed by atoms with Crippen molar-refractivity contribution in [2.45, 2.75) is 76.2 Å². The quantitative estimate of drug-likeness (QED) is 0.287. The Morgan fingerprint density at radius 1 is 0.833 bits per heavy atom. The Morgan fingerprint density at radius 3 is 1.50 bits per heavy atom. The van der Waals surface area contributed by atoms with E-state index in [0.717, 1.165) is 17.4 Å². The molecule has 0 aromatic heterocycles. The number of Topliss-reactive ketones (excluding diaryl/α,β-unsaturated/α-hetero) is 1. The molecule has 168 valence electrons. The molecule has 0 bridgehead atoms. The average molecular weight is 413 g/mol. The zero-order chi connectivity index (χ0) is 24.3. The summed E-state index contributed by atoms with van der Waals surface area (Å²) in [4.78, 5) is 20.0. The maximum Gasteiger partial charge on any atom is 0.159 e. The number of carbonyl (C=O) groups is 2. The van der Waals surface area contributed by atoms with E-state index in [4.69, 9.17) is 4.79 Å². The summed E-state index contributed by atoms with van der Waals surface area (Å²) >= 11 is 0. The number of hydrogen-bond acceptors (Lipinski definition) is 2. The molecule has 0 atom stereocenters. The molecule has 0 aliphatic carbocycles. The van der Waals surface area contributed by atoms with E-state index in [2.05, 4.69) is 52.5 Å². The maximum absolute atomic E-state index is 11.2. The largest absolute Gasteiger partial charge is 0.304 e. The van der Waals surface area contributed by atoms with Gasteiger partial charge in [0.1, 0.15) is 6.29 Å². The van der Waals surface area contributed by atoms with E-state index >= 15 is 0 Å². The number of aldehydes is 1. The van der Waals surface area contributed by atoms with Gasteiger partial charge in [0.2, 0.25) is 0 Å². The summed E-state index contributed by atoms with van der Waals surface area (Å²) in [7, 11) is 0. The minimum atomic E-state index is 0.108. The Balaban J connectivity index is -0.000000469. The first-order chi connectivity index (χ1) is 14.1. The van der Waals surface area contributed by atoms with Gasteiger partial charge in [0.25, 0.3) is 0 Å². The summed E-state index contributed by atoms with van der Waals surface area (Å²) in [6.07, 6.45) is 0.750. The van der Waals surface area contributed by atoms with Crippen LogP contribution in [0, 0.1) is 19.8 Å². The van der Waals surface area contributed by atoms with Gasteiger partial charge in [0.05, 0.1) is 0 Å². The Morgan fingerprint density at radius 2 is 1.20 bits per heavy atom. The van der Waals surface area contributed by atoms with Crippen LogP contribution < -0.4 is 0 Å². The van der Waals surface area contributed by atoms with Gasteiger partial charge < -0.3 is 4.79 Å². The van der Waals surface area contributed by atoms with Crippen LogP contribution in [0.3, 0.4) is 0 Å². The third-order valence-electron chi connectivity index (χ3n) is 4.12. The SMILES string of the molecule is C=C(C)C(C)C.CC.CC.CC(=O)c1ccc(-c2ccc(C)c(C)c2)cc1.CC=O. The van der Waals surface area contributed by atoms with Crippen LogP contribution >= 0.6 is 0 Å². The van der Waals surface area contributed by atoms with Crippen LogP contribution in [-0.2, 0) is 4.79 Å². The van der Waals surface area contributed by atoms with E-state index in [1.54, 1.807) is 6.92 Å². The highest BCUT2D eigenvalue weighted by atomic mass is 16.1. The first kappa shape index (κ1) is 32.2. The lowest BCUT2D eigenvalue weighted by molar-refractivity contribution is -0.106. The number of rotatable bonds is 3. The number of benzene rings is 2. The van der Waals surface area contributed by atoms with Crippen molar-refractivity contribution in [3.05, 3.63) is 71.3 Å². The van der Waals surface area contributed by atoms with Crippen LogP contribution in [0.2, 0.25) is 0 Å². The van der Waals surface area contributed by atoms with Gasteiger partial charge in [-0.2, -0.15) is 0 Å². The molecule has 0 radical (unpaired) electrons. The predicted molar refractivity (Wildman–Crippen MR) is 135 cm³/mol. The normalized spacial score (nSPS) is 8.53. The number of allylic oxidation sites excluding steroid dienone is 1. The molecule has 2 heteroatoms. The lowest BCUT2D eigenvalue weighted by Gasteiger charge is -2.06. The predicted octanol–water partition coefficient (Wildman–Crippen LogP) is 8.65. The molecule has 0 spiro atoms. The third kappa shape index (κ3) is 14.5. The van der Waals surface area contributed by atoms with Crippen LogP contribution in [0.15, 0.2) is 54.6 Å². The van der Waals surface area contributed by atoms with E-state index in [-0.39, 0.29) is 5.78 Å². The van der Waals surface area contributed by atoms with Gasteiger partial charge in [-0.05, 0) is 62.8 Å². The van der Waals surface area contributed by atoms with E-state index in [1.165, 1.54) is 29.2 Å². The van der Waals surface area contributed by atoms with Gasteiger partial charge in [-0.3, -0.25) is 4.79 Å². The van der Waals surface area contributed by atoms with E-state index in [9.17, 15) is 4.79 Å². The Labute approximate surface area is 186 Å². The fraction of sp³-hybridized carbons (Fsp3) is 0.429. The first-order valence-corrected chi connectivity index (χ1v) is 10.9. The molecule has 0 aliphatic heterocycles. The summed E-state index contributed by atoms with van der Waals surface area (Å²) in [5.74, 6) is 0.765. The molecule has 0 fully saturated rings. The molecule has 0 saturated heterocycles. The number of aryl methyl sites for hydroxylation is 2. The molecule has 2 nitrogen and oxygen atoms in total. The highest BCUT2D eigenvalue weighted by molar-refractivity contribution is 5.94. The van der Waals surface area contributed by atoms with E-state index < -0.39 is 0 Å². The molecule has 0 aliphatic rings. The highest BCUT2D eigenvalue weighted by Gasteiger charge is 2.02.